The summed E-state index contributed by atoms with van der Waals surface area (Å²) < 4.78 is 0. The minimum Gasteiger partial charge on any atom is -0.352 e. The van der Waals surface area contributed by atoms with Gasteiger partial charge in [-0.25, -0.2) is 0 Å². The average molecular weight is 306 g/mol. The highest BCUT2D eigenvalue weighted by molar-refractivity contribution is 5.86. The summed E-state index contributed by atoms with van der Waals surface area (Å²) in [6, 6.07) is 0. The van der Waals surface area contributed by atoms with Crippen LogP contribution >= 0.6 is 0 Å². The van der Waals surface area contributed by atoms with Crippen molar-refractivity contribution in [1.29, 1.82) is 0 Å². The van der Waals surface area contributed by atoms with Gasteiger partial charge in [-0.2, -0.15) is 0 Å². The summed E-state index contributed by atoms with van der Waals surface area (Å²) in [6.45, 7) is 4.38. The van der Waals surface area contributed by atoms with Crippen molar-refractivity contribution in [3.8, 4) is 0 Å². The summed E-state index contributed by atoms with van der Waals surface area (Å²) in [7, 11) is 0. The Labute approximate surface area is 137 Å². The van der Waals surface area contributed by atoms with Gasteiger partial charge in [-0.1, -0.05) is 70.8 Å². The largest absolute Gasteiger partial charge is 0.352 e. The van der Waals surface area contributed by atoms with Gasteiger partial charge >= 0.3 is 0 Å². The third-order valence-electron chi connectivity index (χ3n) is 5.95. The van der Waals surface area contributed by atoms with Crippen LogP contribution in [0, 0.1) is 17.8 Å². The smallest absolute Gasteiger partial charge is 0.243 e. The molecule has 2 heteroatoms. The first-order valence-electron chi connectivity index (χ1n) is 9.70. The zero-order valence-electron chi connectivity index (χ0n) is 14.3. The van der Waals surface area contributed by atoms with E-state index in [9.17, 15) is 4.79 Å². The van der Waals surface area contributed by atoms with Gasteiger partial charge in [0.25, 0.3) is 0 Å². The molecule has 1 N–H and O–H groups in total. The topological polar surface area (TPSA) is 29.1 Å². The molecule has 2 atom stereocenters. The Balaban J connectivity index is 1.77. The van der Waals surface area contributed by atoms with Gasteiger partial charge in [0.05, 0.1) is 0 Å². The molecule has 0 radical (unpaired) electrons. The standard InChI is InChI=1S/C20H35NO/c1-2-20(22)21-16-17-10-9-13-19(15-14-17)18-11-7-5-3-4-6-8-12-18/h2,17-19H,1,3-16H2,(H,21,22). The minimum atomic E-state index is -0.0166. The van der Waals surface area contributed by atoms with Crippen LogP contribution in [0.3, 0.4) is 0 Å². The van der Waals surface area contributed by atoms with Gasteiger partial charge < -0.3 is 5.32 Å². The van der Waals surface area contributed by atoms with Crippen LogP contribution in [0.25, 0.3) is 0 Å². The Bertz CT molecular complexity index is 329. The highest BCUT2D eigenvalue weighted by Crippen LogP contribution is 2.37. The van der Waals surface area contributed by atoms with Gasteiger partial charge in [0.2, 0.25) is 5.91 Å². The summed E-state index contributed by atoms with van der Waals surface area (Å²) >= 11 is 0. The molecule has 2 saturated carbocycles. The number of rotatable bonds is 4. The molecule has 0 aromatic rings. The van der Waals surface area contributed by atoms with Crippen molar-refractivity contribution in [3.05, 3.63) is 12.7 Å². The molecule has 0 spiro atoms. The molecule has 0 bridgehead atoms. The Kier molecular flexibility index (Phi) is 8.04. The van der Waals surface area contributed by atoms with E-state index in [0.717, 1.165) is 18.4 Å². The first-order valence-corrected chi connectivity index (χ1v) is 9.70. The Morgan fingerprint density at radius 3 is 2.09 bits per heavy atom. The number of nitrogens with one attached hydrogen (secondary N) is 1. The average Bonchev–Trinajstić information content (AvgIpc) is 2.68. The van der Waals surface area contributed by atoms with E-state index in [1.54, 1.807) is 0 Å². The zero-order chi connectivity index (χ0) is 15.6. The second-order valence-corrected chi connectivity index (χ2v) is 7.54. The summed E-state index contributed by atoms with van der Waals surface area (Å²) in [5, 5.41) is 2.99. The van der Waals surface area contributed by atoms with E-state index >= 15 is 0 Å². The lowest BCUT2D eigenvalue weighted by atomic mass is 9.80. The van der Waals surface area contributed by atoms with Crippen LogP contribution < -0.4 is 5.32 Å². The Morgan fingerprint density at radius 1 is 0.818 bits per heavy atom. The van der Waals surface area contributed by atoms with Gasteiger partial charge in [0.15, 0.2) is 0 Å². The molecular formula is C20H35NO. The van der Waals surface area contributed by atoms with E-state index in [2.05, 4.69) is 11.9 Å². The van der Waals surface area contributed by atoms with E-state index in [-0.39, 0.29) is 5.91 Å². The van der Waals surface area contributed by atoms with E-state index in [4.69, 9.17) is 0 Å². The first-order chi connectivity index (χ1) is 10.8. The van der Waals surface area contributed by atoms with Crippen LogP contribution in [0.2, 0.25) is 0 Å². The van der Waals surface area contributed by atoms with Crippen LogP contribution in [0.5, 0.6) is 0 Å². The van der Waals surface area contributed by atoms with E-state index < -0.39 is 0 Å². The lowest BCUT2D eigenvalue weighted by Crippen LogP contribution is -2.27. The quantitative estimate of drug-likeness (QED) is 0.559. The fourth-order valence-electron chi connectivity index (χ4n) is 4.54. The number of carbonyl (C=O) groups excluding carboxylic acids is 1. The van der Waals surface area contributed by atoms with Crippen molar-refractivity contribution in [3.63, 3.8) is 0 Å². The minimum absolute atomic E-state index is 0.0166. The molecule has 2 nitrogen and oxygen atoms in total. The van der Waals surface area contributed by atoms with Crippen LogP contribution in [0.1, 0.15) is 83.5 Å². The highest BCUT2D eigenvalue weighted by atomic mass is 16.1. The molecule has 0 heterocycles. The van der Waals surface area contributed by atoms with Gasteiger partial charge in [-0.3, -0.25) is 4.79 Å². The van der Waals surface area contributed by atoms with E-state index in [1.165, 1.54) is 89.5 Å². The van der Waals surface area contributed by atoms with Gasteiger partial charge in [-0.15, -0.1) is 0 Å². The number of hydrogen-bond acceptors (Lipinski definition) is 1. The summed E-state index contributed by atoms with van der Waals surface area (Å²) in [6.07, 6.45) is 19.9. The maximum Gasteiger partial charge on any atom is 0.243 e. The molecule has 2 unspecified atom stereocenters. The lowest BCUT2D eigenvalue weighted by Gasteiger charge is -2.26. The van der Waals surface area contributed by atoms with Crippen molar-refractivity contribution in [1.82, 2.24) is 5.32 Å². The van der Waals surface area contributed by atoms with Gasteiger partial charge in [-0.05, 0) is 43.1 Å². The first kappa shape index (κ1) is 17.6. The summed E-state index contributed by atoms with van der Waals surface area (Å²) in [4.78, 5) is 11.3. The van der Waals surface area contributed by atoms with E-state index in [0.29, 0.717) is 5.92 Å². The van der Waals surface area contributed by atoms with Crippen LogP contribution in [0.15, 0.2) is 12.7 Å². The lowest BCUT2D eigenvalue weighted by molar-refractivity contribution is -0.116. The molecule has 0 aliphatic heterocycles. The fraction of sp³-hybridized carbons (Fsp3) is 0.850. The SMILES string of the molecule is C=CC(=O)NCC1CCCC(C2CCCCCCCC2)CC1. The number of hydrogen-bond donors (Lipinski definition) is 1. The third-order valence-corrected chi connectivity index (χ3v) is 5.95. The predicted molar refractivity (Wildman–Crippen MR) is 93.7 cm³/mol. The van der Waals surface area contributed by atoms with Crippen LogP contribution in [-0.2, 0) is 4.79 Å². The van der Waals surface area contributed by atoms with Crippen molar-refractivity contribution in [2.75, 3.05) is 6.54 Å². The van der Waals surface area contributed by atoms with Crippen LogP contribution in [-0.4, -0.2) is 12.5 Å². The second-order valence-electron chi connectivity index (χ2n) is 7.54. The molecule has 22 heavy (non-hydrogen) atoms. The number of amides is 1. The molecule has 2 aliphatic rings. The molecule has 0 aromatic carbocycles. The monoisotopic (exact) mass is 305 g/mol. The highest BCUT2D eigenvalue weighted by Gasteiger charge is 2.25. The fourth-order valence-corrected chi connectivity index (χ4v) is 4.54. The van der Waals surface area contributed by atoms with Crippen molar-refractivity contribution in [2.24, 2.45) is 17.8 Å². The molecule has 126 valence electrons. The molecule has 0 saturated heterocycles. The number of carbonyl (C=O) groups is 1. The van der Waals surface area contributed by atoms with Crippen molar-refractivity contribution >= 4 is 5.91 Å². The van der Waals surface area contributed by atoms with Crippen molar-refractivity contribution in [2.45, 2.75) is 83.5 Å². The zero-order valence-corrected chi connectivity index (χ0v) is 14.3. The normalized spacial score (nSPS) is 28.7. The molecular weight excluding hydrogens is 270 g/mol. The Morgan fingerprint density at radius 2 is 1.41 bits per heavy atom. The van der Waals surface area contributed by atoms with Crippen LogP contribution in [0.4, 0.5) is 0 Å². The van der Waals surface area contributed by atoms with Crippen molar-refractivity contribution < 1.29 is 4.79 Å². The molecule has 2 aliphatic carbocycles. The van der Waals surface area contributed by atoms with E-state index in [1.807, 2.05) is 0 Å². The summed E-state index contributed by atoms with van der Waals surface area (Å²) in [5.41, 5.74) is 0. The third kappa shape index (κ3) is 6.14. The maximum absolute atomic E-state index is 11.3. The maximum atomic E-state index is 11.3. The molecule has 2 fully saturated rings. The predicted octanol–water partition coefficient (Wildman–Crippen LogP) is 5.24. The van der Waals surface area contributed by atoms with Gasteiger partial charge in [0.1, 0.15) is 0 Å². The van der Waals surface area contributed by atoms with Gasteiger partial charge in [0, 0.05) is 6.54 Å². The molecule has 0 aromatic heterocycles. The Hall–Kier alpha value is -0.790. The summed E-state index contributed by atoms with van der Waals surface area (Å²) in [5.74, 6) is 2.61. The molecule has 2 rings (SSSR count). The second kappa shape index (κ2) is 10.1. The molecule has 1 amide bonds.